The molecule has 0 amide bonds. The van der Waals surface area contributed by atoms with Gasteiger partial charge < -0.3 is 4.43 Å². The molecular weight excluding hydrogens is 352 g/mol. The van der Waals surface area contributed by atoms with Crippen LogP contribution in [0.4, 0.5) is 0 Å². The molecule has 2 rings (SSSR count). The molecule has 1 aliphatic carbocycles. The van der Waals surface area contributed by atoms with E-state index in [4.69, 9.17) is 4.43 Å². The van der Waals surface area contributed by atoms with Crippen LogP contribution in [0.2, 0.25) is 13.1 Å². The van der Waals surface area contributed by atoms with E-state index in [2.05, 4.69) is 68.9 Å². The van der Waals surface area contributed by atoms with Crippen molar-refractivity contribution in [1.82, 2.24) is 0 Å². The normalized spacial score (nSPS) is 18.5. The summed E-state index contributed by atoms with van der Waals surface area (Å²) in [5.41, 5.74) is 3.32. The molecule has 0 spiro atoms. The van der Waals surface area contributed by atoms with Crippen LogP contribution in [-0.4, -0.2) is 9.04 Å². The number of hydrogen-bond acceptors (Lipinski definition) is 1. The monoisotopic (exact) mass is 381 g/mol. The third kappa shape index (κ3) is 3.79. The fourth-order valence-electron chi connectivity index (χ4n) is 3.67. The zero-order valence-electron chi connectivity index (χ0n) is 15.0. The minimum absolute atomic E-state index is 0.142. The molecule has 0 saturated heterocycles. The predicted molar refractivity (Wildman–Crippen MR) is 101 cm³/mol. The second kappa shape index (κ2) is 6.68. The topological polar surface area (TPSA) is 9.23 Å². The quantitative estimate of drug-likeness (QED) is 0.535. The maximum atomic E-state index is 6.39. The van der Waals surface area contributed by atoms with Crippen molar-refractivity contribution in [1.29, 1.82) is 0 Å². The van der Waals surface area contributed by atoms with Crippen LogP contribution in [0.25, 0.3) is 0 Å². The molecule has 1 fully saturated rings. The van der Waals surface area contributed by atoms with Crippen molar-refractivity contribution in [3.8, 4) is 5.75 Å². The molecule has 0 bridgehead atoms. The van der Waals surface area contributed by atoms with Gasteiger partial charge in [0.1, 0.15) is 5.75 Å². The zero-order chi connectivity index (χ0) is 16.5. The third-order valence-corrected chi connectivity index (χ3v) is 6.02. The van der Waals surface area contributed by atoms with Crippen molar-refractivity contribution in [2.75, 3.05) is 0 Å². The summed E-state index contributed by atoms with van der Waals surface area (Å²) in [5, 5.41) is 0. The standard InChI is InChI=1S/C19H30BrOSi/c1-18(2,3)14-10-11-15(20)17(21-22(5)6)16(14)19(4)12-8-7-9-13-19/h10-11H,7-9,12-13H2,1-6H3. The Balaban J connectivity index is 2.67. The summed E-state index contributed by atoms with van der Waals surface area (Å²) in [4.78, 5) is 0. The molecule has 3 heteroatoms. The number of rotatable bonds is 3. The first-order chi connectivity index (χ1) is 10.1. The van der Waals surface area contributed by atoms with E-state index < -0.39 is 9.04 Å². The van der Waals surface area contributed by atoms with Crippen LogP contribution in [0.1, 0.15) is 70.9 Å². The van der Waals surface area contributed by atoms with E-state index in [1.54, 1.807) is 0 Å². The van der Waals surface area contributed by atoms with Gasteiger partial charge in [-0.25, -0.2) is 0 Å². The number of benzene rings is 1. The molecular formula is C19H30BrOSi. The van der Waals surface area contributed by atoms with E-state index in [0.717, 1.165) is 10.2 Å². The van der Waals surface area contributed by atoms with Crippen LogP contribution < -0.4 is 4.43 Å². The van der Waals surface area contributed by atoms with E-state index in [-0.39, 0.29) is 10.8 Å². The summed E-state index contributed by atoms with van der Waals surface area (Å²) in [7, 11) is -0.787. The maximum Gasteiger partial charge on any atom is 0.274 e. The smallest absolute Gasteiger partial charge is 0.274 e. The highest BCUT2D eigenvalue weighted by atomic mass is 79.9. The minimum Gasteiger partial charge on any atom is -0.542 e. The Labute approximate surface area is 146 Å². The molecule has 0 N–H and O–H groups in total. The summed E-state index contributed by atoms with van der Waals surface area (Å²) in [5.74, 6) is 1.12. The van der Waals surface area contributed by atoms with Gasteiger partial charge in [-0.05, 0) is 64.3 Å². The van der Waals surface area contributed by atoms with Gasteiger partial charge in [0.15, 0.2) is 0 Å². The molecule has 0 heterocycles. The zero-order valence-corrected chi connectivity index (χ0v) is 17.6. The molecule has 0 aromatic heterocycles. The second-order valence-electron chi connectivity index (χ2n) is 8.18. The van der Waals surface area contributed by atoms with Crippen molar-refractivity contribution in [2.24, 2.45) is 0 Å². The fourth-order valence-corrected chi connectivity index (χ4v) is 4.85. The average molecular weight is 382 g/mol. The first kappa shape index (κ1) is 18.1. The lowest BCUT2D eigenvalue weighted by Gasteiger charge is -2.40. The van der Waals surface area contributed by atoms with Crippen molar-refractivity contribution in [3.63, 3.8) is 0 Å². The lowest BCUT2D eigenvalue weighted by molar-refractivity contribution is 0.307. The van der Waals surface area contributed by atoms with E-state index >= 15 is 0 Å². The molecule has 0 unspecified atom stereocenters. The first-order valence-electron chi connectivity index (χ1n) is 8.47. The molecule has 1 saturated carbocycles. The average Bonchev–Trinajstić information content (AvgIpc) is 2.39. The largest absolute Gasteiger partial charge is 0.542 e. The third-order valence-electron chi connectivity index (χ3n) is 4.78. The lowest BCUT2D eigenvalue weighted by atomic mass is 9.66. The highest BCUT2D eigenvalue weighted by Crippen LogP contribution is 2.49. The Morgan fingerprint density at radius 1 is 1.09 bits per heavy atom. The van der Waals surface area contributed by atoms with Crippen LogP contribution in [0.15, 0.2) is 16.6 Å². The van der Waals surface area contributed by atoms with Gasteiger partial charge in [0.25, 0.3) is 9.04 Å². The van der Waals surface area contributed by atoms with Gasteiger partial charge in [-0.1, -0.05) is 53.0 Å². The van der Waals surface area contributed by atoms with Crippen LogP contribution in [-0.2, 0) is 10.8 Å². The van der Waals surface area contributed by atoms with Gasteiger partial charge >= 0.3 is 0 Å². The van der Waals surface area contributed by atoms with E-state index in [1.165, 1.54) is 43.2 Å². The summed E-state index contributed by atoms with van der Waals surface area (Å²) in [6.45, 7) is 13.8. The molecule has 0 atom stereocenters. The molecule has 1 nitrogen and oxygen atoms in total. The Kier molecular flexibility index (Phi) is 5.49. The molecule has 1 radical (unpaired) electrons. The van der Waals surface area contributed by atoms with Crippen molar-refractivity contribution in [3.05, 3.63) is 27.7 Å². The van der Waals surface area contributed by atoms with Gasteiger partial charge in [-0.3, -0.25) is 0 Å². The summed E-state index contributed by atoms with van der Waals surface area (Å²) >= 11 is 3.76. The fraction of sp³-hybridized carbons (Fsp3) is 0.684. The maximum absolute atomic E-state index is 6.39. The van der Waals surface area contributed by atoms with E-state index in [1.807, 2.05) is 0 Å². The van der Waals surface area contributed by atoms with Crippen molar-refractivity contribution >= 4 is 25.0 Å². The van der Waals surface area contributed by atoms with Gasteiger partial charge in [0.05, 0.1) is 4.47 Å². The van der Waals surface area contributed by atoms with Crippen LogP contribution in [0.3, 0.4) is 0 Å². The summed E-state index contributed by atoms with van der Waals surface area (Å²) in [6, 6.07) is 4.49. The molecule has 1 aliphatic rings. The van der Waals surface area contributed by atoms with Crippen molar-refractivity contribution < 1.29 is 4.43 Å². The summed E-state index contributed by atoms with van der Waals surface area (Å²) < 4.78 is 7.50. The van der Waals surface area contributed by atoms with Gasteiger partial charge in [-0.15, -0.1) is 0 Å². The van der Waals surface area contributed by atoms with E-state index in [9.17, 15) is 0 Å². The van der Waals surface area contributed by atoms with Crippen LogP contribution in [0, 0.1) is 0 Å². The highest BCUT2D eigenvalue weighted by Gasteiger charge is 2.37. The molecule has 1 aromatic carbocycles. The van der Waals surface area contributed by atoms with Crippen molar-refractivity contribution in [2.45, 2.75) is 83.7 Å². The molecule has 1 aromatic rings. The number of halogens is 1. The molecule has 0 aliphatic heterocycles. The van der Waals surface area contributed by atoms with Crippen LogP contribution in [0.5, 0.6) is 5.75 Å². The Morgan fingerprint density at radius 2 is 1.68 bits per heavy atom. The second-order valence-corrected chi connectivity index (χ2v) is 11.1. The summed E-state index contributed by atoms with van der Waals surface area (Å²) in [6.07, 6.45) is 6.60. The van der Waals surface area contributed by atoms with Gasteiger partial charge in [0.2, 0.25) is 0 Å². The Bertz CT molecular complexity index is 525. The van der Waals surface area contributed by atoms with Gasteiger partial charge in [0, 0.05) is 5.56 Å². The van der Waals surface area contributed by atoms with Crippen LogP contribution >= 0.6 is 15.9 Å². The Hall–Kier alpha value is -0.283. The molecule has 123 valence electrons. The lowest BCUT2D eigenvalue weighted by Crippen LogP contribution is -2.31. The predicted octanol–water partition coefficient (Wildman–Crippen LogP) is 6.60. The Morgan fingerprint density at radius 3 is 2.18 bits per heavy atom. The number of hydrogen-bond donors (Lipinski definition) is 0. The first-order valence-corrected chi connectivity index (χ1v) is 11.7. The highest BCUT2D eigenvalue weighted by molar-refractivity contribution is 9.10. The molecule has 22 heavy (non-hydrogen) atoms. The van der Waals surface area contributed by atoms with E-state index in [0.29, 0.717) is 0 Å². The SMILES string of the molecule is C[Si](C)Oc1c(Br)ccc(C(C)(C)C)c1C1(C)CCCCC1. The minimum atomic E-state index is -0.787. The van der Waals surface area contributed by atoms with Gasteiger partial charge in [-0.2, -0.15) is 0 Å².